The molecule has 6 heteroatoms. The average Bonchev–Trinajstić information content (AvgIpc) is 2.38. The van der Waals surface area contributed by atoms with Crippen LogP contribution >= 0.6 is 0 Å². The van der Waals surface area contributed by atoms with Crippen LogP contribution in [0.3, 0.4) is 0 Å². The Morgan fingerprint density at radius 1 is 1.22 bits per heavy atom. The van der Waals surface area contributed by atoms with Crippen molar-refractivity contribution in [2.45, 2.75) is 19.4 Å². The fourth-order valence-electron chi connectivity index (χ4n) is 1.97. The van der Waals surface area contributed by atoms with Gasteiger partial charge in [0, 0.05) is 38.6 Å². The number of aromatic nitrogens is 2. The van der Waals surface area contributed by atoms with Gasteiger partial charge in [0.1, 0.15) is 0 Å². The molecule has 1 aromatic heterocycles. The van der Waals surface area contributed by atoms with Crippen molar-refractivity contribution in [3.05, 3.63) is 18.5 Å². The molecule has 1 aliphatic heterocycles. The minimum atomic E-state index is -0.800. The molecule has 18 heavy (non-hydrogen) atoms. The maximum Gasteiger partial charge on any atom is 0.242 e. The van der Waals surface area contributed by atoms with Gasteiger partial charge < -0.3 is 15.5 Å². The van der Waals surface area contributed by atoms with Crippen LogP contribution in [0.15, 0.2) is 18.5 Å². The second kappa shape index (κ2) is 4.89. The molecule has 2 rings (SSSR count). The summed E-state index contributed by atoms with van der Waals surface area (Å²) in [6.45, 7) is 6.29. The normalized spacial score (nSPS) is 16.8. The molecule has 0 saturated carbocycles. The van der Waals surface area contributed by atoms with E-state index in [1.807, 2.05) is 0 Å². The standard InChI is InChI=1S/C12H19N5O/c1-12(2,13)10(18)16-6-8-17(9-7-16)11-14-4-3-5-15-11/h3-5H,6-9,13H2,1-2H3. The Bertz CT molecular complexity index is 406. The Morgan fingerprint density at radius 2 is 1.78 bits per heavy atom. The zero-order valence-electron chi connectivity index (χ0n) is 10.8. The van der Waals surface area contributed by atoms with Gasteiger partial charge in [0.05, 0.1) is 5.54 Å². The summed E-state index contributed by atoms with van der Waals surface area (Å²) in [7, 11) is 0. The Kier molecular flexibility index (Phi) is 3.47. The number of anilines is 1. The zero-order valence-corrected chi connectivity index (χ0v) is 10.8. The first-order chi connectivity index (χ1) is 8.48. The lowest BCUT2D eigenvalue weighted by atomic mass is 10.1. The van der Waals surface area contributed by atoms with E-state index < -0.39 is 5.54 Å². The van der Waals surface area contributed by atoms with Gasteiger partial charge in [0.2, 0.25) is 11.9 Å². The number of rotatable bonds is 2. The third-order valence-electron chi connectivity index (χ3n) is 2.95. The molecular formula is C12H19N5O. The summed E-state index contributed by atoms with van der Waals surface area (Å²) in [6.07, 6.45) is 3.45. The molecule has 0 aromatic carbocycles. The van der Waals surface area contributed by atoms with Gasteiger partial charge in [0.15, 0.2) is 0 Å². The monoisotopic (exact) mass is 249 g/mol. The fourth-order valence-corrected chi connectivity index (χ4v) is 1.97. The highest BCUT2D eigenvalue weighted by molar-refractivity contribution is 5.85. The van der Waals surface area contributed by atoms with Crippen LogP contribution in [0.25, 0.3) is 0 Å². The molecule has 6 nitrogen and oxygen atoms in total. The number of nitrogens with two attached hydrogens (primary N) is 1. The van der Waals surface area contributed by atoms with Crippen LogP contribution in [0.1, 0.15) is 13.8 Å². The van der Waals surface area contributed by atoms with Gasteiger partial charge in [-0.3, -0.25) is 4.79 Å². The molecule has 0 spiro atoms. The van der Waals surface area contributed by atoms with Crippen molar-refractivity contribution in [3.8, 4) is 0 Å². The highest BCUT2D eigenvalue weighted by Gasteiger charge is 2.30. The van der Waals surface area contributed by atoms with Crippen molar-refractivity contribution < 1.29 is 4.79 Å². The molecule has 0 atom stereocenters. The van der Waals surface area contributed by atoms with Crippen LogP contribution in [0, 0.1) is 0 Å². The lowest BCUT2D eigenvalue weighted by molar-refractivity contribution is -0.136. The third-order valence-corrected chi connectivity index (χ3v) is 2.95. The molecule has 1 amide bonds. The molecular weight excluding hydrogens is 230 g/mol. The van der Waals surface area contributed by atoms with E-state index in [0.717, 1.165) is 19.0 Å². The lowest BCUT2D eigenvalue weighted by Crippen LogP contribution is -2.57. The molecule has 1 saturated heterocycles. The molecule has 0 unspecified atom stereocenters. The van der Waals surface area contributed by atoms with Gasteiger partial charge in [-0.15, -0.1) is 0 Å². The van der Waals surface area contributed by atoms with Crippen molar-refractivity contribution >= 4 is 11.9 Å². The minimum absolute atomic E-state index is 0.00358. The van der Waals surface area contributed by atoms with E-state index in [-0.39, 0.29) is 5.91 Å². The fraction of sp³-hybridized carbons (Fsp3) is 0.583. The molecule has 2 heterocycles. The maximum atomic E-state index is 12.0. The second-order valence-electron chi connectivity index (χ2n) is 5.05. The summed E-state index contributed by atoms with van der Waals surface area (Å²) in [4.78, 5) is 24.3. The summed E-state index contributed by atoms with van der Waals surface area (Å²) >= 11 is 0. The van der Waals surface area contributed by atoms with Gasteiger partial charge in [-0.1, -0.05) is 0 Å². The van der Waals surface area contributed by atoms with Crippen molar-refractivity contribution in [3.63, 3.8) is 0 Å². The quantitative estimate of drug-likeness (QED) is 0.789. The summed E-state index contributed by atoms with van der Waals surface area (Å²) in [6, 6.07) is 1.79. The first-order valence-corrected chi connectivity index (χ1v) is 6.09. The summed E-state index contributed by atoms with van der Waals surface area (Å²) < 4.78 is 0. The summed E-state index contributed by atoms with van der Waals surface area (Å²) in [5.74, 6) is 0.715. The van der Waals surface area contributed by atoms with E-state index in [1.165, 1.54) is 0 Å². The molecule has 0 radical (unpaired) electrons. The van der Waals surface area contributed by atoms with Gasteiger partial charge >= 0.3 is 0 Å². The number of piperazine rings is 1. The maximum absolute atomic E-state index is 12.0. The first kappa shape index (κ1) is 12.8. The van der Waals surface area contributed by atoms with Crippen molar-refractivity contribution in [1.29, 1.82) is 0 Å². The lowest BCUT2D eigenvalue weighted by Gasteiger charge is -2.37. The number of carbonyl (C=O) groups is 1. The Hall–Kier alpha value is -1.69. The molecule has 1 aliphatic rings. The van der Waals surface area contributed by atoms with Crippen molar-refractivity contribution in [1.82, 2.24) is 14.9 Å². The number of nitrogens with zero attached hydrogens (tertiary/aromatic N) is 4. The van der Waals surface area contributed by atoms with Crippen molar-refractivity contribution in [2.75, 3.05) is 31.1 Å². The topological polar surface area (TPSA) is 75.4 Å². The van der Waals surface area contributed by atoms with Crippen LogP contribution in [-0.4, -0.2) is 52.5 Å². The number of hydrogen-bond donors (Lipinski definition) is 1. The predicted molar refractivity (Wildman–Crippen MR) is 69.1 cm³/mol. The van der Waals surface area contributed by atoms with Gasteiger partial charge in [0.25, 0.3) is 0 Å². The van der Waals surface area contributed by atoms with Gasteiger partial charge in [-0.2, -0.15) is 0 Å². The van der Waals surface area contributed by atoms with E-state index in [9.17, 15) is 4.79 Å². The van der Waals surface area contributed by atoms with E-state index in [2.05, 4.69) is 14.9 Å². The predicted octanol–water partition coefficient (Wildman–Crippen LogP) is -0.137. The second-order valence-corrected chi connectivity index (χ2v) is 5.05. The Labute approximate surface area is 107 Å². The van der Waals surface area contributed by atoms with Crippen molar-refractivity contribution in [2.24, 2.45) is 5.73 Å². The SMILES string of the molecule is CC(C)(N)C(=O)N1CCN(c2ncccn2)CC1. The number of hydrogen-bond acceptors (Lipinski definition) is 5. The van der Waals surface area contributed by atoms with Gasteiger partial charge in [-0.05, 0) is 19.9 Å². The van der Waals surface area contributed by atoms with E-state index in [4.69, 9.17) is 5.73 Å². The first-order valence-electron chi connectivity index (χ1n) is 6.09. The third kappa shape index (κ3) is 2.76. The smallest absolute Gasteiger partial charge is 0.242 e. The van der Waals surface area contributed by atoms with Crippen LogP contribution < -0.4 is 10.6 Å². The summed E-state index contributed by atoms with van der Waals surface area (Å²) in [5, 5.41) is 0. The van der Waals surface area contributed by atoms with E-state index in [0.29, 0.717) is 13.1 Å². The number of amides is 1. The highest BCUT2D eigenvalue weighted by Crippen LogP contribution is 2.12. The van der Waals surface area contributed by atoms with Gasteiger partial charge in [-0.25, -0.2) is 9.97 Å². The summed E-state index contributed by atoms with van der Waals surface area (Å²) in [5.41, 5.74) is 5.03. The van der Waals surface area contributed by atoms with Crippen LogP contribution in [-0.2, 0) is 4.79 Å². The molecule has 0 aliphatic carbocycles. The van der Waals surface area contributed by atoms with E-state index >= 15 is 0 Å². The molecule has 1 aromatic rings. The van der Waals surface area contributed by atoms with Crippen LogP contribution in [0.4, 0.5) is 5.95 Å². The molecule has 98 valence electrons. The minimum Gasteiger partial charge on any atom is -0.338 e. The molecule has 2 N–H and O–H groups in total. The Balaban J connectivity index is 1.95. The van der Waals surface area contributed by atoms with Crippen LogP contribution in [0.5, 0.6) is 0 Å². The largest absolute Gasteiger partial charge is 0.338 e. The number of carbonyl (C=O) groups excluding carboxylic acids is 1. The molecule has 1 fully saturated rings. The van der Waals surface area contributed by atoms with Crippen LogP contribution in [0.2, 0.25) is 0 Å². The Morgan fingerprint density at radius 3 is 2.28 bits per heavy atom. The van der Waals surface area contributed by atoms with E-state index in [1.54, 1.807) is 37.2 Å². The average molecular weight is 249 g/mol. The highest BCUT2D eigenvalue weighted by atomic mass is 16.2. The zero-order chi connectivity index (χ0) is 13.2. The molecule has 0 bridgehead atoms.